The van der Waals surface area contributed by atoms with Crippen LogP contribution in [0.5, 0.6) is 0 Å². The monoisotopic (exact) mass is 330 g/mol. The lowest BCUT2D eigenvalue weighted by molar-refractivity contribution is 0.0690. The van der Waals surface area contributed by atoms with Gasteiger partial charge in [0.05, 0.1) is 17.8 Å². The maximum Gasteiger partial charge on any atom is 0.354 e. The Morgan fingerprint density at radius 1 is 1.04 bits per heavy atom. The number of aromatic carboxylic acids is 1. The fourth-order valence-electron chi connectivity index (χ4n) is 3.59. The van der Waals surface area contributed by atoms with E-state index >= 15 is 0 Å². The third kappa shape index (κ3) is 2.47. The zero-order valence-corrected chi connectivity index (χ0v) is 13.9. The number of nitrogens with zero attached hydrogens (tertiary/aromatic N) is 2. The molecule has 25 heavy (non-hydrogen) atoms. The minimum absolute atomic E-state index is 0.0724. The fraction of sp³-hybridized carbons (Fsp3) is 0.143. The van der Waals surface area contributed by atoms with Gasteiger partial charge >= 0.3 is 5.97 Å². The number of carboxylic acid groups (broad SMARTS) is 1. The predicted molar refractivity (Wildman–Crippen MR) is 99.1 cm³/mol. The van der Waals surface area contributed by atoms with Crippen LogP contribution in [0.2, 0.25) is 0 Å². The van der Waals surface area contributed by atoms with Crippen LogP contribution in [0.25, 0.3) is 21.8 Å². The van der Waals surface area contributed by atoms with Gasteiger partial charge in [0.2, 0.25) is 0 Å². The summed E-state index contributed by atoms with van der Waals surface area (Å²) >= 11 is 0. The SMILES string of the molecule is CCC(c1ccccc1)n1c2ccccc2c2cc(C(=O)O)ncc21. The van der Waals surface area contributed by atoms with E-state index in [1.54, 1.807) is 12.3 Å². The zero-order valence-electron chi connectivity index (χ0n) is 13.9. The highest BCUT2D eigenvalue weighted by atomic mass is 16.4. The van der Waals surface area contributed by atoms with E-state index in [1.807, 2.05) is 36.4 Å². The molecule has 2 aromatic heterocycles. The van der Waals surface area contributed by atoms with Crippen molar-refractivity contribution in [3.8, 4) is 0 Å². The Kier molecular flexibility index (Phi) is 3.73. The molecule has 0 saturated carbocycles. The van der Waals surface area contributed by atoms with Gasteiger partial charge in [0.15, 0.2) is 0 Å². The van der Waals surface area contributed by atoms with Gasteiger partial charge in [0, 0.05) is 16.3 Å². The van der Waals surface area contributed by atoms with E-state index in [2.05, 4.69) is 34.7 Å². The second kappa shape index (κ2) is 6.06. The molecule has 4 nitrogen and oxygen atoms in total. The molecule has 0 aliphatic carbocycles. The van der Waals surface area contributed by atoms with Gasteiger partial charge in [-0.3, -0.25) is 0 Å². The summed E-state index contributed by atoms with van der Waals surface area (Å²) < 4.78 is 2.28. The number of hydrogen-bond acceptors (Lipinski definition) is 2. The van der Waals surface area contributed by atoms with Gasteiger partial charge in [-0.2, -0.15) is 0 Å². The minimum atomic E-state index is -1.01. The molecule has 1 atom stereocenters. The highest BCUT2D eigenvalue weighted by molar-refractivity contribution is 6.09. The number of pyridine rings is 1. The summed E-state index contributed by atoms with van der Waals surface area (Å²) in [5.74, 6) is -1.01. The molecule has 1 N–H and O–H groups in total. The second-order valence-corrected chi connectivity index (χ2v) is 6.11. The van der Waals surface area contributed by atoms with Crippen molar-refractivity contribution in [2.75, 3.05) is 0 Å². The Morgan fingerprint density at radius 2 is 1.76 bits per heavy atom. The van der Waals surface area contributed by atoms with Crippen molar-refractivity contribution in [3.05, 3.63) is 78.1 Å². The number of benzene rings is 2. The third-order valence-corrected chi connectivity index (χ3v) is 4.70. The standard InChI is InChI=1S/C21H18N2O2/c1-2-18(14-8-4-3-5-9-14)23-19-11-7-6-10-15(19)16-12-17(21(24)25)22-13-20(16)23/h3-13,18H,2H2,1H3,(H,24,25). The van der Waals surface area contributed by atoms with E-state index in [1.165, 1.54) is 5.56 Å². The van der Waals surface area contributed by atoms with Crippen molar-refractivity contribution < 1.29 is 9.90 Å². The van der Waals surface area contributed by atoms with Crippen LogP contribution in [0.1, 0.15) is 35.4 Å². The maximum absolute atomic E-state index is 11.3. The largest absolute Gasteiger partial charge is 0.477 e. The first kappa shape index (κ1) is 15.4. The lowest BCUT2D eigenvalue weighted by Crippen LogP contribution is -2.09. The van der Waals surface area contributed by atoms with Gasteiger partial charge in [-0.05, 0) is 24.1 Å². The van der Waals surface area contributed by atoms with E-state index in [0.29, 0.717) is 0 Å². The Bertz CT molecular complexity index is 1070. The number of aromatic nitrogens is 2. The summed E-state index contributed by atoms with van der Waals surface area (Å²) in [5, 5.41) is 11.3. The number of carboxylic acids is 1. The maximum atomic E-state index is 11.3. The van der Waals surface area contributed by atoms with Crippen molar-refractivity contribution in [1.29, 1.82) is 0 Å². The molecule has 0 radical (unpaired) electrons. The molecular weight excluding hydrogens is 312 g/mol. The van der Waals surface area contributed by atoms with Gasteiger partial charge in [-0.1, -0.05) is 55.5 Å². The van der Waals surface area contributed by atoms with Crippen LogP contribution in [0, 0.1) is 0 Å². The Balaban J connectivity index is 2.06. The van der Waals surface area contributed by atoms with Gasteiger partial charge in [-0.25, -0.2) is 9.78 Å². The van der Waals surface area contributed by atoms with Crippen LogP contribution in [0.15, 0.2) is 66.9 Å². The van der Waals surface area contributed by atoms with E-state index < -0.39 is 5.97 Å². The number of hydrogen-bond donors (Lipinski definition) is 1. The lowest BCUT2D eigenvalue weighted by Gasteiger charge is -2.20. The highest BCUT2D eigenvalue weighted by Crippen LogP contribution is 2.35. The second-order valence-electron chi connectivity index (χ2n) is 6.11. The molecule has 0 aliphatic rings. The number of fused-ring (bicyclic) bond motifs is 3. The molecule has 0 bridgehead atoms. The number of carbonyl (C=O) groups is 1. The molecule has 0 fully saturated rings. The molecule has 124 valence electrons. The third-order valence-electron chi connectivity index (χ3n) is 4.70. The summed E-state index contributed by atoms with van der Waals surface area (Å²) in [7, 11) is 0. The molecule has 0 amide bonds. The van der Waals surface area contributed by atoms with Crippen molar-refractivity contribution in [2.45, 2.75) is 19.4 Å². The smallest absolute Gasteiger partial charge is 0.354 e. The van der Waals surface area contributed by atoms with E-state index in [9.17, 15) is 9.90 Å². The van der Waals surface area contributed by atoms with Gasteiger partial charge in [0.1, 0.15) is 5.69 Å². The van der Waals surface area contributed by atoms with Crippen LogP contribution < -0.4 is 0 Å². The van der Waals surface area contributed by atoms with Crippen LogP contribution in [-0.4, -0.2) is 20.6 Å². The Hall–Kier alpha value is -3.14. The highest BCUT2D eigenvalue weighted by Gasteiger charge is 2.20. The first-order valence-corrected chi connectivity index (χ1v) is 8.37. The quantitative estimate of drug-likeness (QED) is 0.580. The topological polar surface area (TPSA) is 55.1 Å². The average Bonchev–Trinajstić information content (AvgIpc) is 2.97. The summed E-state index contributed by atoms with van der Waals surface area (Å²) in [5.41, 5.74) is 3.36. The van der Waals surface area contributed by atoms with E-state index in [0.717, 1.165) is 28.2 Å². The summed E-state index contributed by atoms with van der Waals surface area (Å²) in [6.07, 6.45) is 2.61. The normalized spacial score (nSPS) is 12.5. The average molecular weight is 330 g/mol. The molecule has 0 spiro atoms. The molecule has 2 heterocycles. The number of rotatable bonds is 4. The van der Waals surface area contributed by atoms with E-state index in [4.69, 9.17) is 0 Å². The fourth-order valence-corrected chi connectivity index (χ4v) is 3.59. The van der Waals surface area contributed by atoms with Crippen LogP contribution >= 0.6 is 0 Å². The van der Waals surface area contributed by atoms with Crippen molar-refractivity contribution in [2.24, 2.45) is 0 Å². The molecule has 4 heteroatoms. The van der Waals surface area contributed by atoms with Crippen molar-refractivity contribution in [3.63, 3.8) is 0 Å². The van der Waals surface area contributed by atoms with Crippen LogP contribution in [0.4, 0.5) is 0 Å². The van der Waals surface area contributed by atoms with Gasteiger partial charge in [0.25, 0.3) is 0 Å². The van der Waals surface area contributed by atoms with Gasteiger partial charge < -0.3 is 9.67 Å². The first-order chi connectivity index (χ1) is 12.2. The van der Waals surface area contributed by atoms with Crippen molar-refractivity contribution in [1.82, 2.24) is 9.55 Å². The van der Waals surface area contributed by atoms with E-state index in [-0.39, 0.29) is 11.7 Å². The molecular formula is C21H18N2O2. The Morgan fingerprint density at radius 3 is 2.48 bits per heavy atom. The Labute approximate surface area is 145 Å². The summed E-state index contributed by atoms with van der Waals surface area (Å²) in [6.45, 7) is 2.16. The van der Waals surface area contributed by atoms with Crippen LogP contribution in [-0.2, 0) is 0 Å². The molecule has 4 aromatic rings. The summed E-state index contributed by atoms with van der Waals surface area (Å²) in [6, 6.07) is 20.3. The predicted octanol–water partition coefficient (Wildman–Crippen LogP) is 4.89. The minimum Gasteiger partial charge on any atom is -0.477 e. The van der Waals surface area contributed by atoms with Crippen LogP contribution in [0.3, 0.4) is 0 Å². The molecule has 0 aliphatic heterocycles. The zero-order chi connectivity index (χ0) is 17.4. The molecule has 1 unspecified atom stereocenters. The number of para-hydroxylation sites is 1. The first-order valence-electron chi connectivity index (χ1n) is 8.37. The molecule has 4 rings (SSSR count). The summed E-state index contributed by atoms with van der Waals surface area (Å²) in [4.78, 5) is 15.5. The molecule has 2 aromatic carbocycles. The van der Waals surface area contributed by atoms with Gasteiger partial charge in [-0.15, -0.1) is 0 Å². The lowest BCUT2D eigenvalue weighted by atomic mass is 10.0. The van der Waals surface area contributed by atoms with Crippen molar-refractivity contribution >= 4 is 27.8 Å². The molecule has 0 saturated heterocycles.